The van der Waals surface area contributed by atoms with Crippen molar-refractivity contribution in [2.75, 3.05) is 9.80 Å². The Morgan fingerprint density at radius 2 is 0.831 bits per heavy atom. The van der Waals surface area contributed by atoms with Crippen LogP contribution >= 0.6 is 11.3 Å². The zero-order valence-corrected chi connectivity index (χ0v) is 49.1. The van der Waals surface area contributed by atoms with E-state index in [0.29, 0.717) is 0 Å². The number of hydrogen-bond donors (Lipinski definition) is 0. The quantitative estimate of drug-likeness (QED) is 0.135. The predicted molar refractivity (Wildman–Crippen MR) is 356 cm³/mol. The second kappa shape index (κ2) is 20.3. The van der Waals surface area contributed by atoms with Gasteiger partial charge in [0.25, 0.3) is 0 Å². The predicted octanol–water partition coefficient (Wildman–Crippen LogP) is 22.6. The molecule has 2 nitrogen and oxygen atoms in total. The summed E-state index contributed by atoms with van der Waals surface area (Å²) in [5.74, 6) is 0. The SMILES string of the molecule is C/C=C\C1=C(c2ccccc2)c2c(cc3sc4c(N(c5ccccc5)c5ccc(-c6ccc(C(C)(C)C)cc6)cc5)cccc4c3c2N(c2ccccc2)c2ccc(-c3ccc(C(C)(C)C)cc3)cc2)C12c1ccccc1-c1ccccc12. The lowest BCUT2D eigenvalue weighted by atomic mass is 9.69. The van der Waals surface area contributed by atoms with E-state index in [4.69, 9.17) is 0 Å². The number of para-hydroxylation sites is 2. The van der Waals surface area contributed by atoms with Gasteiger partial charge in [-0.1, -0.05) is 254 Å². The number of allylic oxidation sites excluding steroid dienone is 3. The number of benzene rings is 11. The Bertz CT molecular complexity index is 4410. The van der Waals surface area contributed by atoms with Crippen LogP contribution in [-0.2, 0) is 16.2 Å². The van der Waals surface area contributed by atoms with Crippen molar-refractivity contribution in [3.63, 3.8) is 0 Å². The van der Waals surface area contributed by atoms with E-state index in [1.54, 1.807) is 0 Å². The minimum atomic E-state index is -0.640. The molecular weight excluding hydrogens is 1020 g/mol. The third-order valence-electron chi connectivity index (χ3n) is 17.3. The van der Waals surface area contributed by atoms with Gasteiger partial charge in [-0.25, -0.2) is 0 Å². The lowest BCUT2D eigenvalue weighted by molar-refractivity contribution is 0.590. The maximum Gasteiger partial charge on any atom is 0.0726 e. The molecule has 83 heavy (non-hydrogen) atoms. The molecule has 1 heterocycles. The summed E-state index contributed by atoms with van der Waals surface area (Å²) < 4.78 is 2.45. The van der Waals surface area contributed by atoms with E-state index in [1.165, 1.54) is 109 Å². The number of fused-ring (bicyclic) bond motifs is 10. The molecule has 3 heteroatoms. The normalized spacial score (nSPS) is 13.5. The van der Waals surface area contributed by atoms with Crippen molar-refractivity contribution >= 4 is 71.2 Å². The third kappa shape index (κ3) is 8.59. The molecule has 1 spiro atoms. The maximum absolute atomic E-state index is 2.60. The van der Waals surface area contributed by atoms with Gasteiger partial charge in [0.2, 0.25) is 0 Å². The van der Waals surface area contributed by atoms with Crippen LogP contribution in [0.5, 0.6) is 0 Å². The molecule has 2 aliphatic rings. The van der Waals surface area contributed by atoms with Gasteiger partial charge in [0.15, 0.2) is 0 Å². The Morgan fingerprint density at radius 3 is 1.33 bits per heavy atom. The van der Waals surface area contributed by atoms with E-state index >= 15 is 0 Å². The van der Waals surface area contributed by atoms with Crippen molar-refractivity contribution in [2.24, 2.45) is 0 Å². The summed E-state index contributed by atoms with van der Waals surface area (Å²) in [5, 5.41) is 2.43. The highest BCUT2D eigenvalue weighted by Crippen LogP contribution is 2.67. The minimum Gasteiger partial charge on any atom is -0.309 e. The zero-order valence-electron chi connectivity index (χ0n) is 48.3. The highest BCUT2D eigenvalue weighted by Gasteiger charge is 2.54. The van der Waals surface area contributed by atoms with Crippen LogP contribution in [0.15, 0.2) is 279 Å². The molecular formula is C80H66N2S. The van der Waals surface area contributed by atoms with Crippen LogP contribution in [-0.4, -0.2) is 0 Å². The fourth-order valence-corrected chi connectivity index (χ4v) is 14.6. The van der Waals surface area contributed by atoms with Crippen molar-refractivity contribution in [3.05, 3.63) is 318 Å². The summed E-state index contributed by atoms with van der Waals surface area (Å²) in [6, 6.07) is 97.8. The third-order valence-corrected chi connectivity index (χ3v) is 18.5. The first kappa shape index (κ1) is 51.8. The van der Waals surface area contributed by atoms with Crippen LogP contribution in [0.4, 0.5) is 34.1 Å². The first-order valence-corrected chi connectivity index (χ1v) is 30.0. The largest absolute Gasteiger partial charge is 0.309 e. The van der Waals surface area contributed by atoms with Crippen molar-refractivity contribution in [1.82, 2.24) is 0 Å². The standard InChI is InChI=1S/C80H66N2S/c1-8-23-69-73(57-24-12-9-13-25-57)75-70(80(69)67-33-20-18-30-64(67)65-31-19-21-34-68(65)80)52-72-74(76(75)82(61-28-16-11-17-29-61)63-50-42-56(43-51-63)54-38-46-59(47-39-54)79(5,6)7)66-32-22-35-71(77(66)83-72)81(60-26-14-10-15-27-60)62-48-40-55(41-49-62)53-36-44-58(45-37-53)78(2,3)4/h8-52H,1-7H3/b23-8-. The van der Waals surface area contributed by atoms with Gasteiger partial charge in [-0.2, -0.15) is 0 Å². The molecule has 0 atom stereocenters. The van der Waals surface area contributed by atoms with Crippen molar-refractivity contribution in [3.8, 4) is 33.4 Å². The molecule has 0 saturated heterocycles. The van der Waals surface area contributed by atoms with Gasteiger partial charge in [0.1, 0.15) is 0 Å². The number of anilines is 6. The van der Waals surface area contributed by atoms with Crippen LogP contribution < -0.4 is 9.80 Å². The Balaban J connectivity index is 1.08. The Labute approximate surface area is 493 Å². The van der Waals surface area contributed by atoms with E-state index in [0.717, 1.165) is 28.4 Å². The minimum absolute atomic E-state index is 0.0682. The van der Waals surface area contributed by atoms with Crippen LogP contribution in [0.2, 0.25) is 0 Å². The molecule has 0 saturated carbocycles. The lowest BCUT2D eigenvalue weighted by Crippen LogP contribution is -2.27. The van der Waals surface area contributed by atoms with Gasteiger partial charge < -0.3 is 9.80 Å². The Kier molecular flexibility index (Phi) is 12.7. The summed E-state index contributed by atoms with van der Waals surface area (Å²) in [6.45, 7) is 15.8. The molecule has 12 aromatic rings. The van der Waals surface area contributed by atoms with Crippen LogP contribution in [0.25, 0.3) is 59.1 Å². The molecule has 0 aliphatic heterocycles. The average Bonchev–Trinajstić information content (AvgIpc) is 1.56. The summed E-state index contributed by atoms with van der Waals surface area (Å²) in [6.07, 6.45) is 4.68. The van der Waals surface area contributed by atoms with Gasteiger partial charge in [0.05, 0.1) is 21.5 Å². The van der Waals surface area contributed by atoms with E-state index in [9.17, 15) is 0 Å². The molecule has 0 N–H and O–H groups in total. The number of thiophene rings is 1. The maximum atomic E-state index is 2.60. The number of nitrogens with zero attached hydrogens (tertiary/aromatic N) is 2. The summed E-state index contributed by atoms with van der Waals surface area (Å²) >= 11 is 1.91. The first-order chi connectivity index (χ1) is 40.4. The Morgan fingerprint density at radius 1 is 0.398 bits per heavy atom. The topological polar surface area (TPSA) is 6.48 Å². The van der Waals surface area contributed by atoms with Gasteiger partial charge in [-0.15, -0.1) is 11.3 Å². The van der Waals surface area contributed by atoms with Crippen LogP contribution in [0.3, 0.4) is 0 Å². The molecule has 1 aromatic heterocycles. The van der Waals surface area contributed by atoms with Crippen LogP contribution in [0, 0.1) is 0 Å². The highest BCUT2D eigenvalue weighted by atomic mass is 32.1. The molecule has 0 bridgehead atoms. The molecule has 0 unspecified atom stereocenters. The van der Waals surface area contributed by atoms with E-state index < -0.39 is 5.41 Å². The van der Waals surface area contributed by atoms with Gasteiger partial charge in [-0.3, -0.25) is 0 Å². The smallest absolute Gasteiger partial charge is 0.0726 e. The second-order valence-corrected chi connectivity index (χ2v) is 25.4. The van der Waals surface area contributed by atoms with Crippen molar-refractivity contribution in [1.29, 1.82) is 0 Å². The van der Waals surface area contributed by atoms with Gasteiger partial charge in [-0.05, 0) is 156 Å². The summed E-state index contributed by atoms with van der Waals surface area (Å²) in [5.41, 5.74) is 25.1. The first-order valence-electron chi connectivity index (χ1n) is 29.2. The second-order valence-electron chi connectivity index (χ2n) is 24.4. The summed E-state index contributed by atoms with van der Waals surface area (Å²) in [4.78, 5) is 5.04. The highest BCUT2D eigenvalue weighted by molar-refractivity contribution is 7.26. The molecule has 14 rings (SSSR count). The van der Waals surface area contributed by atoms with Gasteiger partial charge in [0, 0.05) is 43.8 Å². The van der Waals surface area contributed by atoms with E-state index in [2.05, 4.69) is 331 Å². The summed E-state index contributed by atoms with van der Waals surface area (Å²) in [7, 11) is 0. The Hall–Kier alpha value is -9.28. The van der Waals surface area contributed by atoms with E-state index in [1.807, 2.05) is 11.3 Å². The van der Waals surface area contributed by atoms with Crippen LogP contribution in [0.1, 0.15) is 87.4 Å². The van der Waals surface area contributed by atoms with Gasteiger partial charge >= 0.3 is 0 Å². The average molecular weight is 1090 g/mol. The number of hydrogen-bond acceptors (Lipinski definition) is 3. The molecule has 402 valence electrons. The fourth-order valence-electron chi connectivity index (χ4n) is 13.4. The van der Waals surface area contributed by atoms with E-state index in [-0.39, 0.29) is 10.8 Å². The molecule has 0 fully saturated rings. The molecule has 0 radical (unpaired) electrons. The zero-order chi connectivity index (χ0) is 56.6. The molecule has 11 aromatic carbocycles. The molecule has 0 amide bonds. The monoisotopic (exact) mass is 1090 g/mol. The van der Waals surface area contributed by atoms with Crippen molar-refractivity contribution in [2.45, 2.75) is 64.7 Å². The lowest BCUT2D eigenvalue weighted by Gasteiger charge is -2.33. The number of rotatable bonds is 10. The fraction of sp³-hybridized carbons (Fsp3) is 0.125. The molecule has 2 aliphatic carbocycles. The van der Waals surface area contributed by atoms with Crippen molar-refractivity contribution < 1.29 is 0 Å².